The second-order valence-corrected chi connectivity index (χ2v) is 1.54. The van der Waals surface area contributed by atoms with Crippen molar-refractivity contribution in [3.8, 4) is 0 Å². The maximum atomic E-state index is 8.97. The van der Waals surface area contributed by atoms with E-state index in [-0.39, 0.29) is 25.8 Å². The van der Waals surface area contributed by atoms with Crippen LogP contribution in [0.25, 0.3) is 0 Å². The van der Waals surface area contributed by atoms with Gasteiger partial charge in [-0.3, -0.25) is 4.55 Å². The minimum atomic E-state index is -4.17. The van der Waals surface area contributed by atoms with Gasteiger partial charge in [0.25, 0.3) is 0 Å². The van der Waals surface area contributed by atoms with E-state index in [1.54, 1.807) is 0 Å². The van der Waals surface area contributed by atoms with Crippen LogP contribution in [0.15, 0.2) is 0 Å². The summed E-state index contributed by atoms with van der Waals surface area (Å²) in [7, 11) is -4.17. The standard InChI is InChI=1S/H3NO3S.Sc/c1-5(2,3)4;/h(H3,1,2,3,4);. The monoisotopic (exact) mass is 142 g/mol. The summed E-state index contributed by atoms with van der Waals surface area (Å²) in [4.78, 5) is 0. The number of hydrogen-bond acceptors (Lipinski definition) is 2. The molecule has 0 saturated heterocycles. The van der Waals surface area contributed by atoms with Crippen LogP contribution in [0.4, 0.5) is 0 Å². The van der Waals surface area contributed by atoms with E-state index in [2.05, 4.69) is 5.14 Å². The van der Waals surface area contributed by atoms with Gasteiger partial charge in [-0.2, -0.15) is 8.42 Å². The van der Waals surface area contributed by atoms with Crippen molar-refractivity contribution in [1.82, 2.24) is 0 Å². The molecule has 0 aromatic heterocycles. The van der Waals surface area contributed by atoms with Crippen LogP contribution in [-0.4, -0.2) is 13.0 Å². The fourth-order valence-corrected chi connectivity index (χ4v) is 0. The quantitative estimate of drug-likeness (QED) is 0.414. The first-order chi connectivity index (χ1) is 2.00. The molecule has 0 aliphatic carbocycles. The molecular weight excluding hydrogens is 139 g/mol. The average molecular weight is 142 g/mol. The normalized spacial score (nSPS) is 9.67. The first kappa shape index (κ1) is 9.88. The first-order valence-corrected chi connectivity index (χ1v) is 2.25. The van der Waals surface area contributed by atoms with Crippen LogP contribution >= 0.6 is 0 Å². The van der Waals surface area contributed by atoms with Crippen LogP contribution in [0.3, 0.4) is 0 Å². The third-order valence-electron chi connectivity index (χ3n) is 0. The Morgan fingerprint density at radius 3 is 1.50 bits per heavy atom. The summed E-state index contributed by atoms with van der Waals surface area (Å²) in [6, 6.07) is 0. The SMILES string of the molecule is NS(=O)(=O)O.[Sc]. The zero-order valence-electron chi connectivity index (χ0n) is 2.83. The molecule has 0 aromatic carbocycles. The van der Waals surface area contributed by atoms with E-state index in [0.29, 0.717) is 0 Å². The Balaban J connectivity index is 0. The summed E-state index contributed by atoms with van der Waals surface area (Å²) in [6.07, 6.45) is 0. The zero-order valence-corrected chi connectivity index (χ0v) is 5.45. The van der Waals surface area contributed by atoms with E-state index >= 15 is 0 Å². The average Bonchev–Trinajstić information content (AvgIpc) is 0.722. The van der Waals surface area contributed by atoms with Gasteiger partial charge in [-0.15, -0.1) is 0 Å². The Kier molecular flexibility index (Phi) is 4.68. The van der Waals surface area contributed by atoms with Crippen LogP contribution in [0.5, 0.6) is 0 Å². The van der Waals surface area contributed by atoms with Gasteiger partial charge in [-0.25, -0.2) is 5.14 Å². The molecule has 0 spiro atoms. The largest absolute Gasteiger partial charge is 0.330 e. The molecular formula is H3NO3SSc. The minimum Gasteiger partial charge on any atom is -0.274 e. The first-order valence-electron chi connectivity index (χ1n) is 0.752. The predicted octanol–water partition coefficient (Wildman–Crippen LogP) is -1.25. The summed E-state index contributed by atoms with van der Waals surface area (Å²) in [5, 5.41) is 3.88. The van der Waals surface area contributed by atoms with Crippen molar-refractivity contribution in [3.63, 3.8) is 0 Å². The molecule has 0 rings (SSSR count). The number of rotatable bonds is 0. The van der Waals surface area contributed by atoms with Crippen LogP contribution in [0, 0.1) is 0 Å². The van der Waals surface area contributed by atoms with Gasteiger partial charge >= 0.3 is 10.3 Å². The van der Waals surface area contributed by atoms with Gasteiger partial charge in [-0.1, -0.05) is 0 Å². The van der Waals surface area contributed by atoms with E-state index in [1.165, 1.54) is 0 Å². The molecule has 6 heavy (non-hydrogen) atoms. The molecule has 0 aromatic rings. The molecule has 4 nitrogen and oxygen atoms in total. The fourth-order valence-electron chi connectivity index (χ4n) is 0. The molecule has 0 saturated carbocycles. The summed E-state index contributed by atoms with van der Waals surface area (Å²) in [5.74, 6) is 0. The van der Waals surface area contributed by atoms with Crippen molar-refractivity contribution < 1.29 is 38.8 Å². The van der Waals surface area contributed by atoms with Gasteiger partial charge < -0.3 is 0 Å². The van der Waals surface area contributed by atoms with Crippen molar-refractivity contribution in [1.29, 1.82) is 0 Å². The summed E-state index contributed by atoms with van der Waals surface area (Å²) in [6.45, 7) is 0. The Morgan fingerprint density at radius 1 is 1.50 bits per heavy atom. The van der Waals surface area contributed by atoms with Crippen molar-refractivity contribution in [2.45, 2.75) is 0 Å². The molecule has 0 atom stereocenters. The Hall–Kier alpha value is 0.740. The topological polar surface area (TPSA) is 80.4 Å². The molecule has 0 aliphatic heterocycles. The molecule has 0 fully saturated rings. The molecule has 6 heteroatoms. The zero-order chi connectivity index (χ0) is 4.50. The molecule has 0 aliphatic rings. The smallest absolute Gasteiger partial charge is 0.274 e. The second-order valence-electron chi connectivity index (χ2n) is 0.515. The van der Waals surface area contributed by atoms with Crippen LogP contribution in [0.1, 0.15) is 0 Å². The van der Waals surface area contributed by atoms with Gasteiger partial charge in [-0.05, 0) is 0 Å². The summed E-state index contributed by atoms with van der Waals surface area (Å²) >= 11 is 0. The fraction of sp³-hybridized carbons (Fsp3) is 0. The van der Waals surface area contributed by atoms with Crippen molar-refractivity contribution in [2.75, 3.05) is 0 Å². The molecule has 0 unspecified atom stereocenters. The van der Waals surface area contributed by atoms with Gasteiger partial charge in [0.2, 0.25) is 0 Å². The molecule has 1 radical (unpaired) electrons. The Morgan fingerprint density at radius 2 is 1.50 bits per heavy atom. The van der Waals surface area contributed by atoms with Crippen LogP contribution in [-0.2, 0) is 36.1 Å². The predicted molar refractivity (Wildman–Crippen MR) is 15.7 cm³/mol. The molecule has 35 valence electrons. The number of nitrogens with two attached hydrogens (primary N) is 1. The maximum absolute atomic E-state index is 8.97. The molecule has 0 heterocycles. The van der Waals surface area contributed by atoms with E-state index in [9.17, 15) is 0 Å². The third kappa shape index (κ3) is 121. The molecule has 0 bridgehead atoms. The van der Waals surface area contributed by atoms with E-state index < -0.39 is 10.3 Å². The maximum Gasteiger partial charge on any atom is 0.330 e. The third-order valence-corrected chi connectivity index (χ3v) is 0. The Bertz CT molecular complexity index is 94.0. The van der Waals surface area contributed by atoms with Crippen LogP contribution < -0.4 is 5.14 Å². The Labute approximate surface area is 54.4 Å². The second kappa shape index (κ2) is 2.84. The van der Waals surface area contributed by atoms with Gasteiger partial charge in [0.15, 0.2) is 0 Å². The van der Waals surface area contributed by atoms with Crippen molar-refractivity contribution >= 4 is 10.3 Å². The van der Waals surface area contributed by atoms with E-state index in [0.717, 1.165) is 0 Å². The van der Waals surface area contributed by atoms with Gasteiger partial charge in [0.05, 0.1) is 0 Å². The summed E-state index contributed by atoms with van der Waals surface area (Å²) in [5.41, 5.74) is 0. The van der Waals surface area contributed by atoms with Gasteiger partial charge in [0.1, 0.15) is 0 Å². The van der Waals surface area contributed by atoms with Crippen LogP contribution in [0.2, 0.25) is 0 Å². The van der Waals surface area contributed by atoms with E-state index in [1.807, 2.05) is 0 Å². The summed E-state index contributed by atoms with van der Waals surface area (Å²) < 4.78 is 25.2. The van der Waals surface area contributed by atoms with Crippen molar-refractivity contribution in [3.05, 3.63) is 0 Å². The number of hydrogen-bond donors (Lipinski definition) is 2. The molecule has 3 N–H and O–H groups in total. The van der Waals surface area contributed by atoms with Gasteiger partial charge in [0, 0.05) is 25.8 Å². The molecule has 0 amide bonds. The van der Waals surface area contributed by atoms with Crippen molar-refractivity contribution in [2.24, 2.45) is 5.14 Å². The minimum absolute atomic E-state index is 0. The van der Waals surface area contributed by atoms with E-state index in [4.69, 9.17) is 13.0 Å².